The Labute approximate surface area is 120 Å². The number of fused-ring (bicyclic) bond motifs is 1. The fourth-order valence-electron chi connectivity index (χ4n) is 2.07. The Kier molecular flexibility index (Phi) is 3.16. The SMILES string of the molecule is O=C(/C=N/N1C(=O)c2ccccc2C1=O)c1ccccc1. The molecule has 0 fully saturated rings. The molecule has 102 valence electrons. The molecule has 0 aromatic heterocycles. The van der Waals surface area contributed by atoms with E-state index in [2.05, 4.69) is 5.10 Å². The molecule has 0 unspecified atom stereocenters. The summed E-state index contributed by atoms with van der Waals surface area (Å²) in [7, 11) is 0. The number of nitrogens with zero attached hydrogens (tertiary/aromatic N) is 2. The maximum atomic E-state index is 12.0. The highest BCUT2D eigenvalue weighted by Gasteiger charge is 2.35. The standard InChI is InChI=1S/C16H10N2O3/c19-14(11-6-2-1-3-7-11)10-17-18-15(20)12-8-4-5-9-13(12)16(18)21/h1-10H/b17-10+. The highest BCUT2D eigenvalue weighted by molar-refractivity contribution is 6.35. The average molecular weight is 278 g/mol. The van der Waals surface area contributed by atoms with Gasteiger partial charge in [0.05, 0.1) is 17.3 Å². The van der Waals surface area contributed by atoms with Crippen LogP contribution >= 0.6 is 0 Å². The quantitative estimate of drug-likeness (QED) is 0.491. The molecule has 2 aromatic carbocycles. The van der Waals surface area contributed by atoms with Crippen molar-refractivity contribution in [2.75, 3.05) is 0 Å². The molecule has 0 radical (unpaired) electrons. The van der Waals surface area contributed by atoms with Crippen LogP contribution in [0.25, 0.3) is 0 Å². The van der Waals surface area contributed by atoms with Crippen molar-refractivity contribution >= 4 is 23.8 Å². The average Bonchev–Trinajstić information content (AvgIpc) is 2.78. The van der Waals surface area contributed by atoms with Gasteiger partial charge in [0, 0.05) is 5.56 Å². The van der Waals surface area contributed by atoms with E-state index in [1.807, 2.05) is 0 Å². The maximum Gasteiger partial charge on any atom is 0.282 e. The first kappa shape index (κ1) is 12.9. The highest BCUT2D eigenvalue weighted by Crippen LogP contribution is 2.22. The monoisotopic (exact) mass is 278 g/mol. The van der Waals surface area contributed by atoms with Crippen LogP contribution in [-0.4, -0.2) is 28.8 Å². The van der Waals surface area contributed by atoms with E-state index in [1.54, 1.807) is 54.6 Å². The Hall–Kier alpha value is -3.08. The van der Waals surface area contributed by atoms with Crippen molar-refractivity contribution in [1.82, 2.24) is 5.01 Å². The zero-order chi connectivity index (χ0) is 14.8. The minimum Gasteiger partial charge on any atom is -0.287 e. The summed E-state index contributed by atoms with van der Waals surface area (Å²) >= 11 is 0. The van der Waals surface area contributed by atoms with Gasteiger partial charge in [-0.15, -0.1) is 0 Å². The van der Waals surface area contributed by atoms with Crippen LogP contribution in [0.3, 0.4) is 0 Å². The largest absolute Gasteiger partial charge is 0.287 e. The van der Waals surface area contributed by atoms with Gasteiger partial charge in [0.2, 0.25) is 5.78 Å². The van der Waals surface area contributed by atoms with Crippen LogP contribution in [0.1, 0.15) is 31.1 Å². The van der Waals surface area contributed by atoms with Crippen LogP contribution in [0.15, 0.2) is 59.7 Å². The summed E-state index contributed by atoms with van der Waals surface area (Å²) in [5, 5.41) is 4.45. The lowest BCUT2D eigenvalue weighted by atomic mass is 10.1. The van der Waals surface area contributed by atoms with Crippen molar-refractivity contribution in [2.45, 2.75) is 0 Å². The molecule has 0 spiro atoms. The predicted molar refractivity (Wildman–Crippen MR) is 76.2 cm³/mol. The number of hydrazone groups is 1. The van der Waals surface area contributed by atoms with Gasteiger partial charge < -0.3 is 0 Å². The molecule has 0 saturated carbocycles. The summed E-state index contributed by atoms with van der Waals surface area (Å²) < 4.78 is 0. The molecule has 5 heteroatoms. The Morgan fingerprint density at radius 3 is 1.95 bits per heavy atom. The number of hydrogen-bond donors (Lipinski definition) is 0. The van der Waals surface area contributed by atoms with Crippen molar-refractivity contribution in [2.24, 2.45) is 5.10 Å². The molecule has 1 heterocycles. The van der Waals surface area contributed by atoms with E-state index in [0.29, 0.717) is 21.7 Å². The molecule has 0 N–H and O–H groups in total. The molecular formula is C16H10N2O3. The van der Waals surface area contributed by atoms with Crippen molar-refractivity contribution in [1.29, 1.82) is 0 Å². The molecule has 2 aromatic rings. The van der Waals surface area contributed by atoms with E-state index in [0.717, 1.165) is 6.21 Å². The molecule has 0 aliphatic carbocycles. The highest BCUT2D eigenvalue weighted by atomic mass is 16.2. The first-order valence-corrected chi connectivity index (χ1v) is 6.29. The summed E-state index contributed by atoms with van der Waals surface area (Å²) in [5.41, 5.74) is 1.04. The van der Waals surface area contributed by atoms with E-state index < -0.39 is 11.8 Å². The number of carbonyl (C=O) groups excluding carboxylic acids is 3. The maximum absolute atomic E-state index is 12.0. The number of benzene rings is 2. The third kappa shape index (κ3) is 2.25. The summed E-state index contributed by atoms with van der Waals surface area (Å²) in [5.74, 6) is -1.41. The predicted octanol–water partition coefficient (Wildman–Crippen LogP) is 2.15. The van der Waals surface area contributed by atoms with Crippen molar-refractivity contribution in [3.8, 4) is 0 Å². The van der Waals surface area contributed by atoms with E-state index in [1.165, 1.54) is 0 Å². The molecule has 3 rings (SSSR count). The number of rotatable bonds is 3. The molecule has 21 heavy (non-hydrogen) atoms. The van der Waals surface area contributed by atoms with Crippen LogP contribution in [-0.2, 0) is 0 Å². The van der Waals surface area contributed by atoms with Gasteiger partial charge in [-0.2, -0.15) is 10.1 Å². The van der Waals surface area contributed by atoms with Crippen LogP contribution in [0.2, 0.25) is 0 Å². The van der Waals surface area contributed by atoms with Crippen LogP contribution in [0.4, 0.5) is 0 Å². The van der Waals surface area contributed by atoms with Gasteiger partial charge in [0.25, 0.3) is 11.8 Å². The normalized spacial score (nSPS) is 13.8. The first-order valence-electron chi connectivity index (χ1n) is 6.29. The zero-order valence-electron chi connectivity index (χ0n) is 10.9. The molecule has 0 saturated heterocycles. The first-order chi connectivity index (χ1) is 10.2. The van der Waals surface area contributed by atoms with E-state index in [4.69, 9.17) is 0 Å². The summed E-state index contributed by atoms with van der Waals surface area (Å²) in [6.07, 6.45) is 0.983. The number of hydrogen-bond acceptors (Lipinski definition) is 4. The molecule has 2 amide bonds. The Bertz CT molecular complexity index is 731. The van der Waals surface area contributed by atoms with Gasteiger partial charge in [-0.25, -0.2) is 0 Å². The number of carbonyl (C=O) groups is 3. The Morgan fingerprint density at radius 2 is 1.38 bits per heavy atom. The Balaban J connectivity index is 1.84. The second kappa shape index (κ2) is 5.13. The number of amides is 2. The van der Waals surface area contributed by atoms with Gasteiger partial charge in [-0.1, -0.05) is 42.5 Å². The summed E-state index contributed by atoms with van der Waals surface area (Å²) in [4.78, 5) is 36.0. The number of ketones is 1. The van der Waals surface area contributed by atoms with Crippen LogP contribution in [0.5, 0.6) is 0 Å². The minimum absolute atomic E-state index is 0.298. The minimum atomic E-state index is -0.521. The third-order valence-corrected chi connectivity index (χ3v) is 3.12. The lowest BCUT2D eigenvalue weighted by molar-refractivity contribution is 0.0660. The fourth-order valence-corrected chi connectivity index (χ4v) is 2.07. The van der Waals surface area contributed by atoms with E-state index >= 15 is 0 Å². The molecule has 0 bridgehead atoms. The molecule has 1 aliphatic heterocycles. The third-order valence-electron chi connectivity index (χ3n) is 3.12. The van der Waals surface area contributed by atoms with Crippen molar-refractivity contribution in [3.05, 3.63) is 71.3 Å². The smallest absolute Gasteiger partial charge is 0.282 e. The van der Waals surface area contributed by atoms with Gasteiger partial charge in [0.1, 0.15) is 0 Å². The van der Waals surface area contributed by atoms with Crippen LogP contribution < -0.4 is 0 Å². The van der Waals surface area contributed by atoms with E-state index in [9.17, 15) is 14.4 Å². The molecule has 1 aliphatic rings. The van der Waals surface area contributed by atoms with Crippen molar-refractivity contribution < 1.29 is 14.4 Å². The number of Topliss-reactive ketones (excluding diaryl/α,β-unsaturated/α-hetero) is 1. The lowest BCUT2D eigenvalue weighted by Gasteiger charge is -2.04. The van der Waals surface area contributed by atoms with E-state index in [-0.39, 0.29) is 5.78 Å². The fraction of sp³-hybridized carbons (Fsp3) is 0. The second-order valence-corrected chi connectivity index (χ2v) is 4.44. The lowest BCUT2D eigenvalue weighted by Crippen LogP contribution is -2.24. The molecule has 0 atom stereocenters. The summed E-state index contributed by atoms with van der Waals surface area (Å²) in [6.45, 7) is 0. The van der Waals surface area contributed by atoms with Gasteiger partial charge >= 0.3 is 0 Å². The summed E-state index contributed by atoms with van der Waals surface area (Å²) in [6, 6.07) is 15.0. The number of imide groups is 1. The van der Waals surface area contributed by atoms with Crippen molar-refractivity contribution in [3.63, 3.8) is 0 Å². The van der Waals surface area contributed by atoms with Gasteiger partial charge in [-0.3, -0.25) is 14.4 Å². The zero-order valence-corrected chi connectivity index (χ0v) is 10.9. The molecule has 5 nitrogen and oxygen atoms in total. The molecular weight excluding hydrogens is 268 g/mol. The van der Waals surface area contributed by atoms with Gasteiger partial charge in [-0.05, 0) is 12.1 Å². The topological polar surface area (TPSA) is 66.8 Å². The Morgan fingerprint density at radius 1 is 0.857 bits per heavy atom. The van der Waals surface area contributed by atoms with Crippen LogP contribution in [0, 0.1) is 0 Å². The van der Waals surface area contributed by atoms with Gasteiger partial charge in [0.15, 0.2) is 0 Å². The second-order valence-electron chi connectivity index (χ2n) is 4.44.